The highest BCUT2D eigenvalue weighted by Gasteiger charge is 2.28. The summed E-state index contributed by atoms with van der Waals surface area (Å²) in [5.74, 6) is 1.05. The van der Waals surface area contributed by atoms with Gasteiger partial charge in [0.05, 0.1) is 19.4 Å². The van der Waals surface area contributed by atoms with Gasteiger partial charge in [-0.05, 0) is 24.1 Å². The second-order valence-corrected chi connectivity index (χ2v) is 4.14. The Kier molecular flexibility index (Phi) is 3.72. The average Bonchev–Trinajstić information content (AvgIpc) is 2.40. The Hall–Kier alpha value is -1.75. The largest absolute Gasteiger partial charge is 0.493 e. The summed E-state index contributed by atoms with van der Waals surface area (Å²) < 4.78 is 10.7. The number of amides is 1. The maximum absolute atomic E-state index is 11.8. The third kappa shape index (κ3) is 2.13. The second kappa shape index (κ2) is 5.27. The molecule has 1 N–H and O–H groups in total. The first-order chi connectivity index (χ1) is 8.71. The quantitative estimate of drug-likeness (QED) is 0.877. The molecule has 5 nitrogen and oxygen atoms in total. The predicted molar refractivity (Wildman–Crippen MR) is 67.1 cm³/mol. The molecule has 0 saturated heterocycles. The van der Waals surface area contributed by atoms with E-state index in [4.69, 9.17) is 9.47 Å². The van der Waals surface area contributed by atoms with Gasteiger partial charge in [0.1, 0.15) is 0 Å². The number of hydrogen-bond donors (Lipinski definition) is 1. The zero-order chi connectivity index (χ0) is 13.1. The molecule has 0 aliphatic carbocycles. The Morgan fingerprint density at radius 2 is 2.28 bits per heavy atom. The van der Waals surface area contributed by atoms with E-state index in [9.17, 15) is 9.90 Å². The van der Waals surface area contributed by atoms with E-state index in [-0.39, 0.29) is 19.1 Å². The third-order valence-electron chi connectivity index (χ3n) is 2.88. The van der Waals surface area contributed by atoms with Crippen LogP contribution in [0.1, 0.15) is 18.9 Å². The molecule has 18 heavy (non-hydrogen) atoms. The molecule has 0 atom stereocenters. The monoisotopic (exact) mass is 251 g/mol. The standard InChI is InChI=1S/C13H17NO4/c1-3-4-14-10-5-9(7-15)6-11(17-2)13(10)18-8-12(14)16/h5-6,15H,3-4,7-8H2,1-2H3. The molecule has 1 aliphatic rings. The van der Waals surface area contributed by atoms with E-state index in [1.54, 1.807) is 24.1 Å². The molecule has 1 heterocycles. The van der Waals surface area contributed by atoms with Crippen LogP contribution < -0.4 is 14.4 Å². The first kappa shape index (κ1) is 12.7. The molecule has 1 aromatic carbocycles. The molecule has 1 aromatic rings. The summed E-state index contributed by atoms with van der Waals surface area (Å²) in [5, 5.41) is 9.24. The zero-order valence-electron chi connectivity index (χ0n) is 10.6. The van der Waals surface area contributed by atoms with Crippen LogP contribution in [0.25, 0.3) is 0 Å². The molecule has 98 valence electrons. The van der Waals surface area contributed by atoms with Gasteiger partial charge in [-0.1, -0.05) is 6.92 Å². The first-order valence-electron chi connectivity index (χ1n) is 5.96. The Morgan fingerprint density at radius 3 is 2.89 bits per heavy atom. The number of ether oxygens (including phenoxy) is 2. The smallest absolute Gasteiger partial charge is 0.265 e. The Morgan fingerprint density at radius 1 is 1.50 bits per heavy atom. The van der Waals surface area contributed by atoms with E-state index >= 15 is 0 Å². The molecule has 0 bridgehead atoms. The number of anilines is 1. The number of fused-ring (bicyclic) bond motifs is 1. The molecular formula is C13H17NO4. The highest BCUT2D eigenvalue weighted by molar-refractivity contribution is 5.98. The lowest BCUT2D eigenvalue weighted by Crippen LogP contribution is -2.39. The lowest BCUT2D eigenvalue weighted by Gasteiger charge is -2.30. The molecule has 5 heteroatoms. The van der Waals surface area contributed by atoms with Crippen molar-refractivity contribution in [2.24, 2.45) is 0 Å². The van der Waals surface area contributed by atoms with Crippen molar-refractivity contribution in [1.29, 1.82) is 0 Å². The van der Waals surface area contributed by atoms with Crippen LogP contribution >= 0.6 is 0 Å². The van der Waals surface area contributed by atoms with Crippen LogP contribution in [0.3, 0.4) is 0 Å². The molecule has 0 fully saturated rings. The van der Waals surface area contributed by atoms with Crippen LogP contribution in [0, 0.1) is 0 Å². The normalized spacial score (nSPS) is 14.2. The minimum absolute atomic E-state index is 0.0296. The fraction of sp³-hybridized carbons (Fsp3) is 0.462. The third-order valence-corrected chi connectivity index (χ3v) is 2.88. The number of carbonyl (C=O) groups excluding carboxylic acids is 1. The number of hydrogen-bond acceptors (Lipinski definition) is 4. The van der Waals surface area contributed by atoms with E-state index in [0.29, 0.717) is 29.3 Å². The van der Waals surface area contributed by atoms with Gasteiger partial charge in [0.25, 0.3) is 5.91 Å². The molecule has 0 unspecified atom stereocenters. The molecular weight excluding hydrogens is 234 g/mol. The highest BCUT2D eigenvalue weighted by atomic mass is 16.5. The fourth-order valence-corrected chi connectivity index (χ4v) is 2.05. The Bertz CT molecular complexity index is 459. The summed E-state index contributed by atoms with van der Waals surface area (Å²) in [6.45, 7) is 2.57. The minimum Gasteiger partial charge on any atom is -0.493 e. The van der Waals surface area contributed by atoms with Crippen molar-refractivity contribution in [2.45, 2.75) is 20.0 Å². The number of aliphatic hydroxyl groups is 1. The maximum Gasteiger partial charge on any atom is 0.265 e. The molecule has 1 amide bonds. The van der Waals surface area contributed by atoms with Gasteiger partial charge < -0.3 is 19.5 Å². The van der Waals surface area contributed by atoms with E-state index < -0.39 is 0 Å². The summed E-state index contributed by atoms with van der Waals surface area (Å²) in [6, 6.07) is 3.49. The van der Waals surface area contributed by atoms with Crippen LogP contribution in [0.4, 0.5) is 5.69 Å². The van der Waals surface area contributed by atoms with Crippen molar-refractivity contribution in [3.8, 4) is 11.5 Å². The number of aliphatic hydroxyl groups excluding tert-OH is 1. The van der Waals surface area contributed by atoms with E-state index in [0.717, 1.165) is 6.42 Å². The molecule has 1 aliphatic heterocycles. The van der Waals surface area contributed by atoms with Gasteiger partial charge in [-0.3, -0.25) is 4.79 Å². The van der Waals surface area contributed by atoms with Crippen molar-refractivity contribution < 1.29 is 19.4 Å². The topological polar surface area (TPSA) is 59.0 Å². The van der Waals surface area contributed by atoms with E-state index in [2.05, 4.69) is 0 Å². The van der Waals surface area contributed by atoms with Gasteiger partial charge in [0.2, 0.25) is 0 Å². The molecule has 0 aromatic heterocycles. The summed E-state index contributed by atoms with van der Waals surface area (Å²) in [6.07, 6.45) is 0.858. The lowest BCUT2D eigenvalue weighted by molar-refractivity contribution is -0.121. The number of nitrogens with zero attached hydrogens (tertiary/aromatic N) is 1. The van der Waals surface area contributed by atoms with Gasteiger partial charge in [-0.25, -0.2) is 0 Å². The van der Waals surface area contributed by atoms with Crippen LogP contribution in [0.2, 0.25) is 0 Å². The fourth-order valence-electron chi connectivity index (χ4n) is 2.05. The van der Waals surface area contributed by atoms with Gasteiger partial charge in [0, 0.05) is 6.54 Å². The van der Waals surface area contributed by atoms with Crippen LogP contribution in [0.5, 0.6) is 11.5 Å². The van der Waals surface area contributed by atoms with Gasteiger partial charge in [0.15, 0.2) is 18.1 Å². The molecule has 2 rings (SSSR count). The summed E-state index contributed by atoms with van der Waals surface area (Å²) in [5.41, 5.74) is 1.38. The lowest BCUT2D eigenvalue weighted by atomic mass is 10.1. The number of carbonyl (C=O) groups is 1. The Labute approximate surface area is 106 Å². The average molecular weight is 251 g/mol. The number of benzene rings is 1. The van der Waals surface area contributed by atoms with E-state index in [1.165, 1.54) is 0 Å². The zero-order valence-corrected chi connectivity index (χ0v) is 10.6. The summed E-state index contributed by atoms with van der Waals surface area (Å²) >= 11 is 0. The van der Waals surface area contributed by atoms with Crippen LogP contribution in [0.15, 0.2) is 12.1 Å². The molecule has 0 spiro atoms. The second-order valence-electron chi connectivity index (χ2n) is 4.14. The SMILES string of the molecule is CCCN1C(=O)COc2c(OC)cc(CO)cc21. The van der Waals surface area contributed by atoms with Crippen molar-refractivity contribution >= 4 is 11.6 Å². The van der Waals surface area contributed by atoms with Crippen molar-refractivity contribution in [3.63, 3.8) is 0 Å². The molecule has 0 radical (unpaired) electrons. The summed E-state index contributed by atoms with van der Waals surface area (Å²) in [4.78, 5) is 13.5. The van der Waals surface area contributed by atoms with Crippen molar-refractivity contribution in [3.05, 3.63) is 17.7 Å². The number of methoxy groups -OCH3 is 1. The van der Waals surface area contributed by atoms with Crippen molar-refractivity contribution in [2.75, 3.05) is 25.2 Å². The Balaban J connectivity index is 2.51. The van der Waals surface area contributed by atoms with Gasteiger partial charge >= 0.3 is 0 Å². The van der Waals surface area contributed by atoms with E-state index in [1.807, 2.05) is 6.92 Å². The van der Waals surface area contributed by atoms with Crippen molar-refractivity contribution in [1.82, 2.24) is 0 Å². The minimum atomic E-state index is -0.0994. The highest BCUT2D eigenvalue weighted by Crippen LogP contribution is 2.41. The van der Waals surface area contributed by atoms with Crippen LogP contribution in [-0.2, 0) is 11.4 Å². The predicted octanol–water partition coefficient (Wildman–Crippen LogP) is 1.32. The maximum atomic E-state index is 11.8. The number of rotatable bonds is 4. The first-order valence-corrected chi connectivity index (χ1v) is 5.96. The summed E-state index contributed by atoms with van der Waals surface area (Å²) in [7, 11) is 1.54. The molecule has 0 saturated carbocycles. The van der Waals surface area contributed by atoms with Gasteiger partial charge in [-0.15, -0.1) is 0 Å². The van der Waals surface area contributed by atoms with Crippen LogP contribution in [-0.4, -0.2) is 31.3 Å². The van der Waals surface area contributed by atoms with Gasteiger partial charge in [-0.2, -0.15) is 0 Å².